The van der Waals surface area contributed by atoms with E-state index in [1.165, 1.54) is 6.08 Å². The number of hydrogen-bond acceptors (Lipinski definition) is 4. The third kappa shape index (κ3) is 3.16. The first-order valence-corrected chi connectivity index (χ1v) is 4.39. The number of morpholine rings is 1. The topological polar surface area (TPSA) is 38.8 Å². The summed E-state index contributed by atoms with van der Waals surface area (Å²) in [6, 6.07) is 0. The van der Waals surface area contributed by atoms with Crippen molar-refractivity contribution >= 4 is 5.97 Å². The molecule has 4 heteroatoms. The van der Waals surface area contributed by atoms with Gasteiger partial charge in [0, 0.05) is 19.2 Å². The zero-order chi connectivity index (χ0) is 9.68. The van der Waals surface area contributed by atoms with E-state index < -0.39 is 0 Å². The van der Waals surface area contributed by atoms with Gasteiger partial charge in [0.2, 0.25) is 0 Å². The van der Waals surface area contributed by atoms with Gasteiger partial charge in [-0.15, -0.1) is 0 Å². The van der Waals surface area contributed by atoms with Crippen molar-refractivity contribution in [3.05, 3.63) is 12.7 Å². The lowest BCUT2D eigenvalue weighted by Gasteiger charge is -2.31. The average Bonchev–Trinajstić information content (AvgIpc) is 2.19. The van der Waals surface area contributed by atoms with Gasteiger partial charge in [-0.25, -0.2) is 4.79 Å². The predicted molar refractivity (Wildman–Crippen MR) is 48.1 cm³/mol. The second-order valence-corrected chi connectivity index (χ2v) is 2.89. The highest BCUT2D eigenvalue weighted by molar-refractivity contribution is 5.81. The van der Waals surface area contributed by atoms with E-state index in [9.17, 15) is 4.79 Å². The van der Waals surface area contributed by atoms with Crippen LogP contribution in [-0.4, -0.2) is 43.4 Å². The summed E-state index contributed by atoms with van der Waals surface area (Å²) in [4.78, 5) is 12.9. The molecule has 0 aliphatic carbocycles. The van der Waals surface area contributed by atoms with Crippen molar-refractivity contribution < 1.29 is 14.3 Å². The third-order valence-electron chi connectivity index (χ3n) is 2.01. The fraction of sp³-hybridized carbons (Fsp3) is 0.667. The maximum Gasteiger partial charge on any atom is 0.331 e. The molecule has 1 aliphatic heterocycles. The van der Waals surface area contributed by atoms with Crippen LogP contribution in [0.15, 0.2) is 12.7 Å². The number of carbonyl (C=O) groups is 1. The molecular weight excluding hydrogens is 170 g/mol. The summed E-state index contributed by atoms with van der Waals surface area (Å²) in [7, 11) is 0. The Morgan fingerprint density at radius 2 is 2.23 bits per heavy atom. The summed E-state index contributed by atoms with van der Waals surface area (Å²) >= 11 is 0. The molecule has 0 amide bonds. The van der Waals surface area contributed by atoms with Crippen molar-refractivity contribution in [2.75, 3.05) is 26.3 Å². The van der Waals surface area contributed by atoms with Crippen LogP contribution in [0.3, 0.4) is 0 Å². The molecule has 0 bridgehead atoms. The van der Waals surface area contributed by atoms with Crippen molar-refractivity contribution in [1.82, 2.24) is 4.90 Å². The Morgan fingerprint density at radius 1 is 1.62 bits per heavy atom. The number of esters is 1. The van der Waals surface area contributed by atoms with Gasteiger partial charge in [-0.05, 0) is 6.92 Å². The zero-order valence-electron chi connectivity index (χ0n) is 7.86. The monoisotopic (exact) mass is 185 g/mol. The van der Waals surface area contributed by atoms with E-state index in [1.807, 2.05) is 6.92 Å². The van der Waals surface area contributed by atoms with Crippen LogP contribution in [0.1, 0.15) is 6.92 Å². The van der Waals surface area contributed by atoms with E-state index in [2.05, 4.69) is 11.5 Å². The van der Waals surface area contributed by atoms with E-state index in [-0.39, 0.29) is 12.2 Å². The molecule has 0 aromatic carbocycles. The van der Waals surface area contributed by atoms with Crippen LogP contribution in [0.4, 0.5) is 0 Å². The number of ether oxygens (including phenoxy) is 2. The molecule has 74 valence electrons. The van der Waals surface area contributed by atoms with Crippen molar-refractivity contribution in [2.24, 2.45) is 0 Å². The Labute approximate surface area is 78.1 Å². The van der Waals surface area contributed by atoms with E-state index in [1.54, 1.807) is 0 Å². The molecule has 1 atom stereocenters. The van der Waals surface area contributed by atoms with Crippen LogP contribution in [0, 0.1) is 0 Å². The van der Waals surface area contributed by atoms with E-state index in [4.69, 9.17) is 9.47 Å². The minimum absolute atomic E-state index is 0.186. The molecule has 1 heterocycles. The van der Waals surface area contributed by atoms with Gasteiger partial charge in [-0.3, -0.25) is 4.90 Å². The molecule has 0 N–H and O–H groups in total. The van der Waals surface area contributed by atoms with Gasteiger partial charge in [-0.2, -0.15) is 0 Å². The quantitative estimate of drug-likeness (QED) is 0.471. The van der Waals surface area contributed by atoms with Crippen LogP contribution < -0.4 is 0 Å². The van der Waals surface area contributed by atoms with Gasteiger partial charge in [0.1, 0.15) is 0 Å². The Hall–Kier alpha value is -0.870. The highest BCUT2D eigenvalue weighted by Crippen LogP contribution is 2.04. The Kier molecular flexibility index (Phi) is 3.92. The lowest BCUT2D eigenvalue weighted by Crippen LogP contribution is -2.43. The minimum Gasteiger partial charge on any atom is -0.443 e. The molecule has 0 spiro atoms. The smallest absolute Gasteiger partial charge is 0.331 e. The van der Waals surface area contributed by atoms with Gasteiger partial charge in [0.05, 0.1) is 13.2 Å². The maximum atomic E-state index is 10.9. The summed E-state index contributed by atoms with van der Waals surface area (Å²) in [5.74, 6) is -0.376. The first-order chi connectivity index (χ1) is 6.24. The maximum absolute atomic E-state index is 10.9. The fourth-order valence-electron chi connectivity index (χ4n) is 1.23. The molecule has 0 aromatic heterocycles. The zero-order valence-corrected chi connectivity index (χ0v) is 7.86. The highest BCUT2D eigenvalue weighted by Gasteiger charge is 2.18. The van der Waals surface area contributed by atoms with Crippen molar-refractivity contribution in [3.8, 4) is 0 Å². The third-order valence-corrected chi connectivity index (χ3v) is 2.01. The van der Waals surface area contributed by atoms with Crippen molar-refractivity contribution in [2.45, 2.75) is 13.2 Å². The van der Waals surface area contributed by atoms with Crippen molar-refractivity contribution in [3.63, 3.8) is 0 Å². The first-order valence-electron chi connectivity index (χ1n) is 4.39. The first kappa shape index (κ1) is 10.2. The van der Waals surface area contributed by atoms with Gasteiger partial charge in [0.25, 0.3) is 0 Å². The van der Waals surface area contributed by atoms with E-state index in [0.29, 0.717) is 13.2 Å². The number of carbonyl (C=O) groups excluding carboxylic acids is 1. The van der Waals surface area contributed by atoms with Gasteiger partial charge >= 0.3 is 5.97 Å². The number of rotatable bonds is 3. The second kappa shape index (κ2) is 4.99. The molecule has 0 aromatic rings. The molecule has 1 saturated heterocycles. The lowest BCUT2D eigenvalue weighted by molar-refractivity contribution is -0.155. The molecule has 1 aliphatic rings. The van der Waals surface area contributed by atoms with Gasteiger partial charge < -0.3 is 9.47 Å². The predicted octanol–water partition coefficient (Wildman–Crippen LogP) is 0.394. The Balaban J connectivity index is 2.32. The molecule has 0 radical (unpaired) electrons. The van der Waals surface area contributed by atoms with Crippen LogP contribution in [0.25, 0.3) is 0 Å². The lowest BCUT2D eigenvalue weighted by atomic mass is 10.4. The normalized spacial score (nSPS) is 20.7. The molecule has 13 heavy (non-hydrogen) atoms. The van der Waals surface area contributed by atoms with Crippen LogP contribution in [-0.2, 0) is 14.3 Å². The number of nitrogens with zero attached hydrogens (tertiary/aromatic N) is 1. The highest BCUT2D eigenvalue weighted by atomic mass is 16.6. The van der Waals surface area contributed by atoms with Crippen LogP contribution in [0.5, 0.6) is 0 Å². The molecule has 1 fully saturated rings. The SMILES string of the molecule is C=CC(=O)OC(C)N1CCOCC1. The molecule has 0 saturated carbocycles. The molecule has 1 unspecified atom stereocenters. The minimum atomic E-state index is -0.376. The molecular formula is C9H15NO3. The summed E-state index contributed by atoms with van der Waals surface area (Å²) < 4.78 is 10.2. The Bertz CT molecular complexity index is 187. The Morgan fingerprint density at radius 3 is 2.77 bits per heavy atom. The second-order valence-electron chi connectivity index (χ2n) is 2.89. The average molecular weight is 185 g/mol. The van der Waals surface area contributed by atoms with Gasteiger partial charge in [-0.1, -0.05) is 6.58 Å². The summed E-state index contributed by atoms with van der Waals surface area (Å²) in [5.41, 5.74) is 0. The van der Waals surface area contributed by atoms with E-state index in [0.717, 1.165) is 13.1 Å². The van der Waals surface area contributed by atoms with Crippen LogP contribution in [0.2, 0.25) is 0 Å². The fourth-order valence-corrected chi connectivity index (χ4v) is 1.23. The van der Waals surface area contributed by atoms with Gasteiger partial charge in [0.15, 0.2) is 6.23 Å². The summed E-state index contributed by atoms with van der Waals surface area (Å²) in [6.07, 6.45) is 0.992. The van der Waals surface area contributed by atoms with Crippen LogP contribution >= 0.6 is 0 Å². The molecule has 1 rings (SSSR count). The largest absolute Gasteiger partial charge is 0.443 e. The summed E-state index contributed by atoms with van der Waals surface area (Å²) in [5, 5.41) is 0. The van der Waals surface area contributed by atoms with E-state index >= 15 is 0 Å². The standard InChI is InChI=1S/C9H15NO3/c1-3-9(11)13-8(2)10-4-6-12-7-5-10/h3,8H,1,4-7H2,2H3. The number of hydrogen-bond donors (Lipinski definition) is 0. The molecule has 4 nitrogen and oxygen atoms in total. The summed E-state index contributed by atoms with van der Waals surface area (Å²) in [6.45, 7) is 8.23. The van der Waals surface area contributed by atoms with Crippen molar-refractivity contribution in [1.29, 1.82) is 0 Å².